The SMILES string of the molecule is C[C@@H](O)[C@H](CNO)NC(=O)c1ccc(C#Cc2ccc(NC3CCCCC3)nc2)cc1. The lowest BCUT2D eigenvalue weighted by Gasteiger charge is -2.23. The van der Waals surface area contributed by atoms with E-state index in [9.17, 15) is 9.90 Å². The lowest BCUT2D eigenvalue weighted by atomic mass is 9.95. The normalized spacial score (nSPS) is 16.0. The van der Waals surface area contributed by atoms with Gasteiger partial charge in [0.05, 0.1) is 12.1 Å². The lowest BCUT2D eigenvalue weighted by molar-refractivity contribution is 0.0767. The number of hydroxylamine groups is 1. The van der Waals surface area contributed by atoms with Crippen molar-refractivity contribution < 1.29 is 15.1 Å². The monoisotopic (exact) mass is 422 g/mol. The molecule has 2 aromatic rings. The van der Waals surface area contributed by atoms with Crippen LogP contribution in [0.3, 0.4) is 0 Å². The molecule has 0 aliphatic heterocycles. The molecule has 3 rings (SSSR count). The summed E-state index contributed by atoms with van der Waals surface area (Å²) in [6, 6.07) is 10.8. The van der Waals surface area contributed by atoms with Crippen molar-refractivity contribution in [1.82, 2.24) is 15.8 Å². The molecule has 0 spiro atoms. The summed E-state index contributed by atoms with van der Waals surface area (Å²) in [5.41, 5.74) is 4.03. The summed E-state index contributed by atoms with van der Waals surface area (Å²) in [7, 11) is 0. The molecule has 0 unspecified atom stereocenters. The van der Waals surface area contributed by atoms with Gasteiger partial charge in [0.2, 0.25) is 0 Å². The molecule has 1 aromatic heterocycles. The predicted molar refractivity (Wildman–Crippen MR) is 120 cm³/mol. The summed E-state index contributed by atoms with van der Waals surface area (Å²) in [5, 5.41) is 24.7. The van der Waals surface area contributed by atoms with Gasteiger partial charge in [-0.1, -0.05) is 31.1 Å². The fraction of sp³-hybridized carbons (Fsp3) is 0.417. The topological polar surface area (TPSA) is 107 Å². The van der Waals surface area contributed by atoms with E-state index in [0.29, 0.717) is 11.6 Å². The van der Waals surface area contributed by atoms with Crippen LogP contribution < -0.4 is 16.1 Å². The van der Waals surface area contributed by atoms with Crippen molar-refractivity contribution >= 4 is 11.7 Å². The number of aliphatic hydroxyl groups excluding tert-OH is 1. The number of rotatable bonds is 7. The minimum absolute atomic E-state index is 0.0516. The molecule has 1 aromatic carbocycles. The first-order valence-electron chi connectivity index (χ1n) is 10.8. The van der Waals surface area contributed by atoms with E-state index in [0.717, 1.165) is 16.9 Å². The number of pyridine rings is 1. The van der Waals surface area contributed by atoms with E-state index < -0.39 is 12.1 Å². The van der Waals surface area contributed by atoms with Crippen LogP contribution in [0.15, 0.2) is 42.6 Å². The van der Waals surface area contributed by atoms with Crippen molar-refractivity contribution in [3.8, 4) is 11.8 Å². The summed E-state index contributed by atoms with van der Waals surface area (Å²) >= 11 is 0. The average molecular weight is 423 g/mol. The predicted octanol–water partition coefficient (Wildman–Crippen LogP) is 2.68. The molecule has 1 aliphatic carbocycles. The first-order valence-corrected chi connectivity index (χ1v) is 10.8. The number of benzene rings is 1. The number of hydrogen-bond acceptors (Lipinski definition) is 6. The summed E-state index contributed by atoms with van der Waals surface area (Å²) < 4.78 is 0. The molecule has 164 valence electrons. The van der Waals surface area contributed by atoms with Gasteiger partial charge >= 0.3 is 0 Å². The first kappa shape index (κ1) is 22.8. The molecular weight excluding hydrogens is 392 g/mol. The minimum atomic E-state index is -0.799. The Morgan fingerprint density at radius 3 is 2.39 bits per heavy atom. The van der Waals surface area contributed by atoms with E-state index in [2.05, 4.69) is 27.5 Å². The van der Waals surface area contributed by atoms with Crippen LogP contribution in [0.1, 0.15) is 60.5 Å². The van der Waals surface area contributed by atoms with Gasteiger partial charge in [0.25, 0.3) is 5.91 Å². The van der Waals surface area contributed by atoms with Gasteiger partial charge in [0, 0.05) is 35.5 Å². The summed E-state index contributed by atoms with van der Waals surface area (Å²) in [5.74, 6) is 6.74. The quantitative estimate of drug-likeness (QED) is 0.347. The molecule has 1 heterocycles. The van der Waals surface area contributed by atoms with Crippen LogP contribution in [-0.4, -0.2) is 45.9 Å². The number of hydrogen-bond donors (Lipinski definition) is 5. The number of amides is 1. The Labute approximate surface area is 183 Å². The lowest BCUT2D eigenvalue weighted by Crippen LogP contribution is -2.47. The third kappa shape index (κ3) is 7.07. The van der Waals surface area contributed by atoms with Crippen LogP contribution in [0.25, 0.3) is 0 Å². The van der Waals surface area contributed by atoms with E-state index in [1.54, 1.807) is 37.4 Å². The maximum absolute atomic E-state index is 12.3. The highest BCUT2D eigenvalue weighted by Crippen LogP contribution is 2.20. The van der Waals surface area contributed by atoms with Crippen LogP contribution >= 0.6 is 0 Å². The zero-order chi connectivity index (χ0) is 22.1. The number of aromatic nitrogens is 1. The van der Waals surface area contributed by atoms with Crippen LogP contribution in [-0.2, 0) is 0 Å². The Hall–Kier alpha value is -2.92. The molecule has 2 atom stereocenters. The largest absolute Gasteiger partial charge is 0.391 e. The molecule has 0 saturated heterocycles. The van der Waals surface area contributed by atoms with E-state index in [4.69, 9.17) is 5.21 Å². The van der Waals surface area contributed by atoms with Crippen molar-refractivity contribution in [1.29, 1.82) is 0 Å². The first-order chi connectivity index (χ1) is 15.0. The van der Waals surface area contributed by atoms with Gasteiger partial charge < -0.3 is 20.9 Å². The molecule has 1 aliphatic rings. The number of anilines is 1. The Morgan fingerprint density at radius 1 is 1.10 bits per heavy atom. The second-order valence-corrected chi connectivity index (χ2v) is 7.92. The third-order valence-electron chi connectivity index (χ3n) is 5.43. The molecule has 1 fully saturated rings. The van der Waals surface area contributed by atoms with E-state index in [1.165, 1.54) is 32.1 Å². The standard InChI is InChI=1S/C24H30N4O3/c1-17(29)22(16-26-31)28-24(30)20-12-9-18(10-13-20)7-8-19-11-14-23(25-15-19)27-21-5-3-2-4-6-21/h9-15,17,21-22,26,29,31H,2-6,16H2,1H3,(H,25,27)(H,28,30)/t17-,22+/m1/s1. The Kier molecular flexibility index (Phi) is 8.42. The average Bonchev–Trinajstić information content (AvgIpc) is 2.79. The van der Waals surface area contributed by atoms with Gasteiger partial charge in [0.1, 0.15) is 5.82 Å². The molecule has 31 heavy (non-hydrogen) atoms. The van der Waals surface area contributed by atoms with E-state index in [-0.39, 0.29) is 12.5 Å². The third-order valence-corrected chi connectivity index (χ3v) is 5.43. The van der Waals surface area contributed by atoms with Crippen LogP contribution in [0, 0.1) is 11.8 Å². The smallest absolute Gasteiger partial charge is 0.251 e. The molecule has 7 heteroatoms. The van der Waals surface area contributed by atoms with Gasteiger partial charge in [-0.3, -0.25) is 4.79 Å². The summed E-state index contributed by atoms with van der Waals surface area (Å²) in [6.45, 7) is 1.60. The molecule has 0 bridgehead atoms. The maximum Gasteiger partial charge on any atom is 0.251 e. The molecule has 7 nitrogen and oxygen atoms in total. The maximum atomic E-state index is 12.3. The molecule has 0 radical (unpaired) electrons. The molecule has 5 N–H and O–H groups in total. The Morgan fingerprint density at radius 2 is 1.77 bits per heavy atom. The number of carbonyl (C=O) groups is 1. The van der Waals surface area contributed by atoms with Crippen molar-refractivity contribution in [2.24, 2.45) is 0 Å². The molecule has 1 saturated carbocycles. The zero-order valence-corrected chi connectivity index (χ0v) is 17.8. The molecule has 1 amide bonds. The molecular formula is C24H30N4O3. The van der Waals surface area contributed by atoms with Gasteiger partial charge in [0.15, 0.2) is 0 Å². The highest BCUT2D eigenvalue weighted by atomic mass is 16.5. The summed E-state index contributed by atoms with van der Waals surface area (Å²) in [6.07, 6.45) is 7.27. The fourth-order valence-corrected chi connectivity index (χ4v) is 3.55. The van der Waals surface area contributed by atoms with Crippen LogP contribution in [0.2, 0.25) is 0 Å². The highest BCUT2D eigenvalue weighted by Gasteiger charge is 2.18. The Balaban J connectivity index is 1.57. The van der Waals surface area contributed by atoms with Gasteiger partial charge in [-0.25, -0.2) is 10.5 Å². The fourth-order valence-electron chi connectivity index (χ4n) is 3.55. The minimum Gasteiger partial charge on any atom is -0.391 e. The van der Waals surface area contributed by atoms with Crippen LogP contribution in [0.4, 0.5) is 5.82 Å². The number of nitrogens with one attached hydrogen (secondary N) is 3. The summed E-state index contributed by atoms with van der Waals surface area (Å²) in [4.78, 5) is 16.8. The van der Waals surface area contributed by atoms with Crippen molar-refractivity contribution in [3.05, 3.63) is 59.3 Å². The second-order valence-electron chi connectivity index (χ2n) is 7.92. The van der Waals surface area contributed by atoms with E-state index >= 15 is 0 Å². The number of nitrogens with zero attached hydrogens (tertiary/aromatic N) is 1. The second kappa shape index (κ2) is 11.5. The van der Waals surface area contributed by atoms with Gasteiger partial charge in [-0.2, -0.15) is 0 Å². The van der Waals surface area contributed by atoms with Gasteiger partial charge in [-0.15, -0.1) is 0 Å². The van der Waals surface area contributed by atoms with Crippen LogP contribution in [0.5, 0.6) is 0 Å². The highest BCUT2D eigenvalue weighted by molar-refractivity contribution is 5.94. The number of carbonyl (C=O) groups excluding carboxylic acids is 1. The van der Waals surface area contributed by atoms with Gasteiger partial charge in [-0.05, 0) is 56.2 Å². The zero-order valence-electron chi connectivity index (χ0n) is 17.8. The van der Waals surface area contributed by atoms with E-state index in [1.807, 2.05) is 17.6 Å². The number of aliphatic hydroxyl groups is 1. The van der Waals surface area contributed by atoms with Crippen molar-refractivity contribution in [2.75, 3.05) is 11.9 Å². The van der Waals surface area contributed by atoms with Crippen molar-refractivity contribution in [2.45, 2.75) is 57.2 Å². The van der Waals surface area contributed by atoms with Crippen molar-refractivity contribution in [3.63, 3.8) is 0 Å². The Bertz CT molecular complexity index is 895.